The normalized spacial score (nSPS) is 10.5. The summed E-state index contributed by atoms with van der Waals surface area (Å²) in [6.07, 6.45) is 0. The molecule has 0 atom stereocenters. The Morgan fingerprint density at radius 2 is 2.24 bits per heavy atom. The number of hydrogen-bond donors (Lipinski definition) is 0. The average Bonchev–Trinajstić information content (AvgIpc) is 2.77. The number of rotatable bonds is 3. The molecule has 0 aromatic carbocycles. The lowest BCUT2D eigenvalue weighted by atomic mass is 10.4. The highest BCUT2D eigenvalue weighted by molar-refractivity contribution is 7.99. The van der Waals surface area contributed by atoms with Gasteiger partial charge in [-0.2, -0.15) is 5.26 Å². The van der Waals surface area contributed by atoms with Gasteiger partial charge in [-0.05, 0) is 48.2 Å². The van der Waals surface area contributed by atoms with E-state index in [1.54, 1.807) is 16.8 Å². The van der Waals surface area contributed by atoms with Crippen molar-refractivity contribution < 1.29 is 0 Å². The molecule has 2 aromatic rings. The minimum atomic E-state index is 0.187. The number of tetrazole rings is 1. The van der Waals surface area contributed by atoms with E-state index >= 15 is 0 Å². The van der Waals surface area contributed by atoms with Crippen LogP contribution in [0.4, 0.5) is 0 Å². The van der Waals surface area contributed by atoms with Gasteiger partial charge in [-0.3, -0.25) is 0 Å². The number of aromatic nitrogens is 5. The molecule has 0 saturated heterocycles. The zero-order chi connectivity index (χ0) is 12.3. The zero-order valence-electron chi connectivity index (χ0n) is 9.40. The van der Waals surface area contributed by atoms with Gasteiger partial charge in [-0.25, -0.2) is 9.67 Å². The molecule has 2 heterocycles. The highest BCUT2D eigenvalue weighted by atomic mass is 32.2. The monoisotopic (exact) mass is 246 g/mol. The Morgan fingerprint density at radius 1 is 1.41 bits per heavy atom. The van der Waals surface area contributed by atoms with E-state index < -0.39 is 0 Å². The van der Waals surface area contributed by atoms with Crippen LogP contribution >= 0.6 is 11.8 Å². The summed E-state index contributed by atoms with van der Waals surface area (Å²) in [5.41, 5.74) is 0.388. The van der Waals surface area contributed by atoms with Gasteiger partial charge in [0.2, 0.25) is 5.16 Å². The summed E-state index contributed by atoms with van der Waals surface area (Å²) in [6, 6.07) is 7.46. The Kier molecular flexibility index (Phi) is 3.35. The number of pyridine rings is 1. The molecule has 6 nitrogen and oxygen atoms in total. The first-order valence-electron chi connectivity index (χ1n) is 5.03. The molecule has 2 aromatic heterocycles. The van der Waals surface area contributed by atoms with Crippen molar-refractivity contribution in [2.45, 2.75) is 30.1 Å². The molecule has 2 rings (SSSR count). The topological polar surface area (TPSA) is 80.3 Å². The molecule has 0 fully saturated rings. The highest BCUT2D eigenvalue weighted by Crippen LogP contribution is 2.24. The van der Waals surface area contributed by atoms with Gasteiger partial charge in [0.25, 0.3) is 0 Å². The molecule has 0 N–H and O–H groups in total. The lowest BCUT2D eigenvalue weighted by molar-refractivity contribution is 0.477. The Morgan fingerprint density at radius 3 is 2.94 bits per heavy atom. The molecule has 7 heteroatoms. The summed E-state index contributed by atoms with van der Waals surface area (Å²) in [5, 5.41) is 21.6. The van der Waals surface area contributed by atoms with E-state index in [1.165, 1.54) is 11.8 Å². The maximum Gasteiger partial charge on any atom is 0.215 e. The van der Waals surface area contributed by atoms with Gasteiger partial charge in [0.15, 0.2) is 0 Å². The Balaban J connectivity index is 2.26. The van der Waals surface area contributed by atoms with Gasteiger partial charge in [0.05, 0.1) is 6.04 Å². The Labute approximate surface area is 103 Å². The minimum Gasteiger partial charge on any atom is -0.230 e. The molecule has 0 unspecified atom stereocenters. The molecular weight excluding hydrogens is 236 g/mol. The maximum atomic E-state index is 8.76. The Hall–Kier alpha value is -1.94. The first-order valence-corrected chi connectivity index (χ1v) is 5.85. The summed E-state index contributed by atoms with van der Waals surface area (Å²) in [7, 11) is 0. The number of nitriles is 1. The minimum absolute atomic E-state index is 0.187. The van der Waals surface area contributed by atoms with Crippen LogP contribution in [0.5, 0.6) is 0 Å². The molecule has 0 amide bonds. The predicted molar refractivity (Wildman–Crippen MR) is 61.3 cm³/mol. The summed E-state index contributed by atoms with van der Waals surface area (Å²) < 4.78 is 1.71. The molecule has 0 aliphatic heterocycles. The van der Waals surface area contributed by atoms with E-state index in [-0.39, 0.29) is 6.04 Å². The fraction of sp³-hybridized carbons (Fsp3) is 0.300. The second-order valence-electron chi connectivity index (χ2n) is 3.57. The highest BCUT2D eigenvalue weighted by Gasteiger charge is 2.11. The Bertz CT molecular complexity index is 556. The van der Waals surface area contributed by atoms with Crippen molar-refractivity contribution >= 4 is 11.8 Å². The molecule has 0 aliphatic carbocycles. The van der Waals surface area contributed by atoms with Gasteiger partial charge in [0, 0.05) is 0 Å². The second-order valence-corrected chi connectivity index (χ2v) is 4.56. The van der Waals surface area contributed by atoms with Gasteiger partial charge in [0.1, 0.15) is 16.8 Å². The molecule has 86 valence electrons. The van der Waals surface area contributed by atoms with Crippen LogP contribution in [0.1, 0.15) is 25.6 Å². The molecular formula is C10H10N6S. The third-order valence-electron chi connectivity index (χ3n) is 1.99. The first kappa shape index (κ1) is 11.5. The summed E-state index contributed by atoms with van der Waals surface area (Å²) in [4.78, 5) is 4.16. The van der Waals surface area contributed by atoms with Crippen molar-refractivity contribution in [2.75, 3.05) is 0 Å². The zero-order valence-corrected chi connectivity index (χ0v) is 10.2. The van der Waals surface area contributed by atoms with Crippen LogP contribution in [0.25, 0.3) is 0 Å². The van der Waals surface area contributed by atoms with Gasteiger partial charge >= 0.3 is 0 Å². The fourth-order valence-corrected chi connectivity index (χ4v) is 2.10. The van der Waals surface area contributed by atoms with Crippen molar-refractivity contribution in [3.63, 3.8) is 0 Å². The van der Waals surface area contributed by atoms with E-state index in [0.29, 0.717) is 15.9 Å². The van der Waals surface area contributed by atoms with Crippen LogP contribution in [0.3, 0.4) is 0 Å². The predicted octanol–water partition coefficient (Wildman–Crippen LogP) is 1.67. The molecule has 0 aliphatic rings. The van der Waals surface area contributed by atoms with E-state index in [4.69, 9.17) is 5.26 Å². The third-order valence-corrected chi connectivity index (χ3v) is 2.87. The molecule has 0 spiro atoms. The van der Waals surface area contributed by atoms with E-state index in [9.17, 15) is 0 Å². The van der Waals surface area contributed by atoms with Crippen LogP contribution in [0, 0.1) is 11.3 Å². The van der Waals surface area contributed by atoms with Crippen molar-refractivity contribution in [3.8, 4) is 6.07 Å². The second kappa shape index (κ2) is 4.93. The van der Waals surface area contributed by atoms with Crippen LogP contribution in [-0.2, 0) is 0 Å². The SMILES string of the molecule is CC(C)n1nnnc1Sc1cccc(C#N)n1. The average molecular weight is 246 g/mol. The van der Waals surface area contributed by atoms with E-state index in [2.05, 4.69) is 20.5 Å². The largest absolute Gasteiger partial charge is 0.230 e. The van der Waals surface area contributed by atoms with E-state index in [0.717, 1.165) is 0 Å². The van der Waals surface area contributed by atoms with Crippen molar-refractivity contribution in [2.24, 2.45) is 0 Å². The summed E-state index contributed by atoms with van der Waals surface area (Å²) in [6.45, 7) is 4.00. The van der Waals surface area contributed by atoms with E-state index in [1.807, 2.05) is 26.0 Å². The number of nitrogens with zero attached hydrogens (tertiary/aromatic N) is 6. The van der Waals surface area contributed by atoms with Crippen molar-refractivity contribution in [3.05, 3.63) is 23.9 Å². The summed E-state index contributed by atoms with van der Waals surface area (Å²) >= 11 is 1.34. The standard InChI is InChI=1S/C10H10N6S/c1-7(2)16-10(13-14-15-16)17-9-5-3-4-8(6-11)12-9/h3-5,7H,1-2H3. The smallest absolute Gasteiger partial charge is 0.215 e. The van der Waals surface area contributed by atoms with Crippen LogP contribution in [0.15, 0.2) is 28.4 Å². The number of hydrogen-bond acceptors (Lipinski definition) is 6. The fourth-order valence-electron chi connectivity index (χ4n) is 1.20. The lowest BCUT2D eigenvalue weighted by Gasteiger charge is -2.06. The quantitative estimate of drug-likeness (QED) is 0.819. The van der Waals surface area contributed by atoms with Gasteiger partial charge in [-0.15, -0.1) is 5.10 Å². The van der Waals surface area contributed by atoms with Crippen molar-refractivity contribution in [1.29, 1.82) is 5.26 Å². The van der Waals surface area contributed by atoms with Crippen LogP contribution < -0.4 is 0 Å². The maximum absolute atomic E-state index is 8.76. The first-order chi connectivity index (χ1) is 8.20. The lowest BCUT2D eigenvalue weighted by Crippen LogP contribution is -2.04. The van der Waals surface area contributed by atoms with Crippen molar-refractivity contribution in [1.82, 2.24) is 25.2 Å². The van der Waals surface area contributed by atoms with Gasteiger partial charge in [-0.1, -0.05) is 6.07 Å². The molecule has 0 radical (unpaired) electrons. The molecule has 17 heavy (non-hydrogen) atoms. The van der Waals surface area contributed by atoms with Crippen LogP contribution in [-0.4, -0.2) is 25.2 Å². The summed E-state index contributed by atoms with van der Waals surface area (Å²) in [5.74, 6) is 0. The molecule has 0 saturated carbocycles. The van der Waals surface area contributed by atoms with Crippen LogP contribution in [0.2, 0.25) is 0 Å². The third kappa shape index (κ3) is 2.60. The van der Waals surface area contributed by atoms with Gasteiger partial charge < -0.3 is 0 Å². The molecule has 0 bridgehead atoms.